The van der Waals surface area contributed by atoms with Crippen LogP contribution in [0.1, 0.15) is 18.4 Å². The molecule has 0 aromatic carbocycles. The van der Waals surface area contributed by atoms with E-state index in [0.29, 0.717) is 5.56 Å². The average molecular weight is 272 g/mol. The standard InChI is InChI=1S/C12H11F3N2O2/c13-12(14,15)8-11(19)17-10-7-9(4-5-16-10)3-1-2-6-18/h4-5,7,18H,2,6,8H2,(H,16,17,19). The molecule has 0 aliphatic carbocycles. The molecule has 102 valence electrons. The maximum atomic E-state index is 12.0. The molecule has 0 aliphatic heterocycles. The Morgan fingerprint density at radius 3 is 2.84 bits per heavy atom. The number of anilines is 1. The molecule has 2 N–H and O–H groups in total. The Balaban J connectivity index is 2.68. The highest BCUT2D eigenvalue weighted by molar-refractivity contribution is 5.90. The summed E-state index contributed by atoms with van der Waals surface area (Å²) in [5, 5.41) is 10.6. The van der Waals surface area contributed by atoms with Gasteiger partial charge in [-0.1, -0.05) is 11.8 Å². The summed E-state index contributed by atoms with van der Waals surface area (Å²) in [5.74, 6) is 4.16. The van der Waals surface area contributed by atoms with Gasteiger partial charge in [-0.3, -0.25) is 4.79 Å². The lowest BCUT2D eigenvalue weighted by Gasteiger charge is -2.07. The third-order valence-corrected chi connectivity index (χ3v) is 1.86. The number of carbonyl (C=O) groups is 1. The highest BCUT2D eigenvalue weighted by Gasteiger charge is 2.31. The van der Waals surface area contributed by atoms with E-state index < -0.39 is 18.5 Å². The van der Waals surface area contributed by atoms with Gasteiger partial charge in [0.2, 0.25) is 5.91 Å². The topological polar surface area (TPSA) is 62.2 Å². The zero-order valence-corrected chi connectivity index (χ0v) is 9.79. The van der Waals surface area contributed by atoms with Crippen LogP contribution in [0.3, 0.4) is 0 Å². The quantitative estimate of drug-likeness (QED) is 0.823. The summed E-state index contributed by atoms with van der Waals surface area (Å²) in [6.45, 7) is -0.0761. The first-order valence-electron chi connectivity index (χ1n) is 5.33. The van der Waals surface area contributed by atoms with Crippen molar-refractivity contribution in [1.29, 1.82) is 0 Å². The normalized spacial score (nSPS) is 10.5. The molecule has 0 radical (unpaired) electrons. The number of hydrogen-bond donors (Lipinski definition) is 2. The average Bonchev–Trinajstić information content (AvgIpc) is 2.27. The molecule has 1 rings (SSSR count). The second-order valence-corrected chi connectivity index (χ2v) is 3.55. The number of pyridine rings is 1. The fourth-order valence-corrected chi connectivity index (χ4v) is 1.17. The van der Waals surface area contributed by atoms with Gasteiger partial charge in [0.05, 0.1) is 6.61 Å². The van der Waals surface area contributed by atoms with E-state index in [0.717, 1.165) is 0 Å². The van der Waals surface area contributed by atoms with Crippen LogP contribution in [0.2, 0.25) is 0 Å². The molecule has 0 saturated carbocycles. The molecule has 0 aliphatic rings. The highest BCUT2D eigenvalue weighted by Crippen LogP contribution is 2.20. The van der Waals surface area contributed by atoms with E-state index in [-0.39, 0.29) is 18.8 Å². The van der Waals surface area contributed by atoms with Crippen LogP contribution >= 0.6 is 0 Å². The Morgan fingerprint density at radius 2 is 2.21 bits per heavy atom. The number of nitrogens with one attached hydrogen (secondary N) is 1. The molecule has 1 aromatic rings. The van der Waals surface area contributed by atoms with Gasteiger partial charge < -0.3 is 10.4 Å². The van der Waals surface area contributed by atoms with E-state index in [2.05, 4.69) is 16.8 Å². The van der Waals surface area contributed by atoms with Crippen LogP contribution in [-0.2, 0) is 4.79 Å². The zero-order valence-electron chi connectivity index (χ0n) is 9.79. The third-order valence-electron chi connectivity index (χ3n) is 1.86. The van der Waals surface area contributed by atoms with Gasteiger partial charge in [0.1, 0.15) is 12.2 Å². The lowest BCUT2D eigenvalue weighted by atomic mass is 10.2. The number of carbonyl (C=O) groups excluding carboxylic acids is 1. The lowest BCUT2D eigenvalue weighted by molar-refractivity contribution is -0.150. The minimum atomic E-state index is -4.55. The molecular formula is C12H11F3N2O2. The van der Waals surface area contributed by atoms with Crippen LogP contribution in [-0.4, -0.2) is 28.8 Å². The first-order valence-corrected chi connectivity index (χ1v) is 5.33. The van der Waals surface area contributed by atoms with Crippen LogP contribution in [0.25, 0.3) is 0 Å². The van der Waals surface area contributed by atoms with Crippen molar-refractivity contribution < 1.29 is 23.1 Å². The van der Waals surface area contributed by atoms with Crippen LogP contribution in [0.4, 0.5) is 19.0 Å². The Hall–Kier alpha value is -2.07. The Morgan fingerprint density at radius 1 is 1.47 bits per heavy atom. The van der Waals surface area contributed by atoms with Crippen molar-refractivity contribution in [1.82, 2.24) is 4.98 Å². The zero-order chi connectivity index (χ0) is 14.3. The van der Waals surface area contributed by atoms with Gasteiger partial charge in [-0.2, -0.15) is 13.2 Å². The molecular weight excluding hydrogens is 261 g/mol. The molecule has 19 heavy (non-hydrogen) atoms. The number of alkyl halides is 3. The fourth-order valence-electron chi connectivity index (χ4n) is 1.17. The maximum absolute atomic E-state index is 12.0. The smallest absolute Gasteiger partial charge is 0.395 e. The molecule has 1 aromatic heterocycles. The molecule has 0 unspecified atom stereocenters. The number of halogens is 3. The molecule has 0 saturated heterocycles. The molecule has 0 bridgehead atoms. The molecule has 1 heterocycles. The van der Waals surface area contributed by atoms with Crippen molar-refractivity contribution in [3.8, 4) is 11.8 Å². The van der Waals surface area contributed by atoms with Crippen LogP contribution < -0.4 is 5.32 Å². The number of hydrogen-bond acceptors (Lipinski definition) is 3. The number of amides is 1. The van der Waals surface area contributed by atoms with Gasteiger partial charge in [0.15, 0.2) is 0 Å². The van der Waals surface area contributed by atoms with Gasteiger partial charge in [-0.25, -0.2) is 4.98 Å². The van der Waals surface area contributed by atoms with Crippen molar-refractivity contribution in [2.75, 3.05) is 11.9 Å². The van der Waals surface area contributed by atoms with E-state index in [1.54, 1.807) is 6.07 Å². The summed E-state index contributed by atoms with van der Waals surface area (Å²) in [5.41, 5.74) is 0.491. The van der Waals surface area contributed by atoms with E-state index in [9.17, 15) is 18.0 Å². The SMILES string of the molecule is O=C(CC(F)(F)F)Nc1cc(C#CCCO)ccn1. The van der Waals surface area contributed by atoms with Crippen LogP contribution in [0.5, 0.6) is 0 Å². The Labute approximate surface area is 107 Å². The van der Waals surface area contributed by atoms with E-state index in [1.165, 1.54) is 12.3 Å². The highest BCUT2D eigenvalue weighted by atomic mass is 19.4. The van der Waals surface area contributed by atoms with Gasteiger partial charge in [-0.05, 0) is 12.1 Å². The maximum Gasteiger partial charge on any atom is 0.397 e. The Bertz CT molecular complexity index is 504. The number of nitrogens with zero attached hydrogens (tertiary/aromatic N) is 1. The van der Waals surface area contributed by atoms with Crippen LogP contribution in [0, 0.1) is 11.8 Å². The van der Waals surface area contributed by atoms with E-state index in [1.807, 2.05) is 5.32 Å². The van der Waals surface area contributed by atoms with Gasteiger partial charge in [-0.15, -0.1) is 0 Å². The molecule has 7 heteroatoms. The van der Waals surface area contributed by atoms with Gasteiger partial charge in [0.25, 0.3) is 0 Å². The number of aromatic nitrogens is 1. The van der Waals surface area contributed by atoms with Gasteiger partial charge >= 0.3 is 6.18 Å². The predicted molar refractivity (Wildman–Crippen MR) is 62.1 cm³/mol. The molecule has 0 fully saturated rings. The van der Waals surface area contributed by atoms with Crippen molar-refractivity contribution >= 4 is 11.7 Å². The summed E-state index contributed by atoms with van der Waals surface area (Å²) in [6.07, 6.45) is -4.50. The van der Waals surface area contributed by atoms with E-state index in [4.69, 9.17) is 5.11 Å². The van der Waals surface area contributed by atoms with Crippen LogP contribution in [0.15, 0.2) is 18.3 Å². The summed E-state index contributed by atoms with van der Waals surface area (Å²) in [6, 6.07) is 2.91. The largest absolute Gasteiger partial charge is 0.397 e. The van der Waals surface area contributed by atoms with Crippen molar-refractivity contribution in [3.63, 3.8) is 0 Å². The first-order chi connectivity index (χ1) is 8.90. The van der Waals surface area contributed by atoms with Gasteiger partial charge in [0, 0.05) is 18.2 Å². The van der Waals surface area contributed by atoms with Crippen molar-refractivity contribution in [2.24, 2.45) is 0 Å². The van der Waals surface area contributed by atoms with E-state index >= 15 is 0 Å². The van der Waals surface area contributed by atoms with Crippen molar-refractivity contribution in [3.05, 3.63) is 23.9 Å². The Kier molecular flexibility index (Phi) is 5.33. The minimum Gasteiger partial charge on any atom is -0.395 e. The second kappa shape index (κ2) is 6.75. The lowest BCUT2D eigenvalue weighted by Crippen LogP contribution is -2.21. The summed E-state index contributed by atoms with van der Waals surface area (Å²) >= 11 is 0. The van der Waals surface area contributed by atoms with Crippen molar-refractivity contribution in [2.45, 2.75) is 19.0 Å². The number of rotatable bonds is 3. The summed E-state index contributed by atoms with van der Waals surface area (Å²) < 4.78 is 35.9. The minimum absolute atomic E-state index is 0.00467. The number of aliphatic hydroxyl groups is 1. The summed E-state index contributed by atoms with van der Waals surface area (Å²) in [4.78, 5) is 14.8. The molecule has 0 atom stereocenters. The fraction of sp³-hybridized carbons (Fsp3) is 0.333. The number of aliphatic hydroxyl groups excluding tert-OH is 1. The third kappa shape index (κ3) is 6.43. The molecule has 1 amide bonds. The monoisotopic (exact) mass is 272 g/mol. The first kappa shape index (κ1) is 15.0. The summed E-state index contributed by atoms with van der Waals surface area (Å²) in [7, 11) is 0. The molecule has 0 spiro atoms. The predicted octanol–water partition coefficient (Wildman–Crippen LogP) is 1.71. The molecule has 4 nitrogen and oxygen atoms in total. The second-order valence-electron chi connectivity index (χ2n) is 3.55.